The fraction of sp³-hybridized carbons (Fsp3) is 0.304. The SMILES string of the molecule is CCN1CCN(C2=NC(=O)C(=Cc3ccc(OCc4ccccc4)cc3)S2)CC1. The molecule has 0 spiro atoms. The molecule has 0 saturated carbocycles. The average molecular weight is 408 g/mol. The molecule has 0 radical (unpaired) electrons. The Morgan fingerprint density at radius 3 is 2.45 bits per heavy atom. The predicted octanol–water partition coefficient (Wildman–Crippen LogP) is 3.87. The van der Waals surface area contributed by atoms with Crippen molar-refractivity contribution in [2.45, 2.75) is 13.5 Å². The Hall–Kier alpha value is -2.57. The van der Waals surface area contributed by atoms with Crippen LogP contribution in [0.1, 0.15) is 18.1 Å². The molecule has 2 aromatic rings. The number of benzene rings is 2. The van der Waals surface area contributed by atoms with E-state index in [1.807, 2.05) is 60.7 Å². The number of carbonyl (C=O) groups is 1. The van der Waals surface area contributed by atoms with Gasteiger partial charge in [-0.2, -0.15) is 4.99 Å². The van der Waals surface area contributed by atoms with Gasteiger partial charge in [0.25, 0.3) is 5.91 Å². The number of rotatable bonds is 5. The van der Waals surface area contributed by atoms with E-state index in [9.17, 15) is 4.79 Å². The van der Waals surface area contributed by atoms with Crippen molar-refractivity contribution in [2.24, 2.45) is 4.99 Å². The van der Waals surface area contributed by atoms with Gasteiger partial charge in [0, 0.05) is 26.2 Å². The maximum atomic E-state index is 12.3. The molecule has 0 N–H and O–H groups in total. The van der Waals surface area contributed by atoms with E-state index >= 15 is 0 Å². The molecular weight excluding hydrogens is 382 g/mol. The minimum atomic E-state index is -0.146. The molecule has 2 aromatic carbocycles. The van der Waals surface area contributed by atoms with Crippen molar-refractivity contribution in [1.82, 2.24) is 9.80 Å². The third kappa shape index (κ3) is 5.08. The van der Waals surface area contributed by atoms with Gasteiger partial charge in [0.2, 0.25) is 0 Å². The number of likely N-dealkylation sites (N-methyl/N-ethyl adjacent to an activating group) is 1. The molecule has 2 aliphatic heterocycles. The fourth-order valence-electron chi connectivity index (χ4n) is 3.34. The van der Waals surface area contributed by atoms with Crippen LogP contribution in [0.3, 0.4) is 0 Å². The van der Waals surface area contributed by atoms with Crippen LogP contribution in [-0.2, 0) is 11.4 Å². The maximum absolute atomic E-state index is 12.3. The van der Waals surface area contributed by atoms with E-state index in [1.54, 1.807) is 0 Å². The van der Waals surface area contributed by atoms with Crippen LogP contribution in [0.15, 0.2) is 64.5 Å². The van der Waals surface area contributed by atoms with Crippen LogP contribution in [0.4, 0.5) is 0 Å². The summed E-state index contributed by atoms with van der Waals surface area (Å²) in [6.45, 7) is 7.68. The number of aliphatic imine (C=N–C) groups is 1. The summed E-state index contributed by atoms with van der Waals surface area (Å²) in [6.07, 6.45) is 1.91. The molecule has 0 bridgehead atoms. The lowest BCUT2D eigenvalue weighted by Gasteiger charge is -2.34. The Labute approximate surface area is 176 Å². The minimum Gasteiger partial charge on any atom is -0.489 e. The second-order valence-electron chi connectivity index (χ2n) is 7.07. The molecule has 1 fully saturated rings. The van der Waals surface area contributed by atoms with Gasteiger partial charge in [0.1, 0.15) is 12.4 Å². The Bertz CT molecular complexity index is 901. The smallest absolute Gasteiger partial charge is 0.286 e. The zero-order chi connectivity index (χ0) is 20.1. The third-order valence-electron chi connectivity index (χ3n) is 5.13. The lowest BCUT2D eigenvalue weighted by atomic mass is 10.2. The number of nitrogens with zero attached hydrogens (tertiary/aromatic N) is 3. The van der Waals surface area contributed by atoms with Gasteiger partial charge in [-0.25, -0.2) is 0 Å². The van der Waals surface area contributed by atoms with Gasteiger partial charge in [-0.1, -0.05) is 49.4 Å². The summed E-state index contributed by atoms with van der Waals surface area (Å²) in [6, 6.07) is 17.9. The van der Waals surface area contributed by atoms with Crippen molar-refractivity contribution < 1.29 is 9.53 Å². The van der Waals surface area contributed by atoms with Gasteiger partial charge in [-0.05, 0) is 47.6 Å². The van der Waals surface area contributed by atoms with E-state index in [1.165, 1.54) is 11.8 Å². The van der Waals surface area contributed by atoms with Crippen LogP contribution in [0, 0.1) is 0 Å². The molecule has 2 heterocycles. The van der Waals surface area contributed by atoms with Crippen molar-refractivity contribution in [1.29, 1.82) is 0 Å². The molecule has 0 aliphatic carbocycles. The van der Waals surface area contributed by atoms with Crippen molar-refractivity contribution >= 4 is 28.9 Å². The number of hydrogen-bond donors (Lipinski definition) is 0. The Morgan fingerprint density at radius 2 is 1.76 bits per heavy atom. The van der Waals surface area contributed by atoms with Crippen LogP contribution in [0.2, 0.25) is 0 Å². The van der Waals surface area contributed by atoms with Crippen LogP contribution in [0.5, 0.6) is 5.75 Å². The Morgan fingerprint density at radius 1 is 1.03 bits per heavy atom. The first-order chi connectivity index (χ1) is 14.2. The van der Waals surface area contributed by atoms with Gasteiger partial charge >= 0.3 is 0 Å². The zero-order valence-corrected chi connectivity index (χ0v) is 17.4. The van der Waals surface area contributed by atoms with Crippen molar-refractivity contribution in [2.75, 3.05) is 32.7 Å². The summed E-state index contributed by atoms with van der Waals surface area (Å²) in [5, 5.41) is 0.833. The van der Waals surface area contributed by atoms with Gasteiger partial charge in [-0.15, -0.1) is 0 Å². The van der Waals surface area contributed by atoms with E-state index in [0.29, 0.717) is 11.5 Å². The molecule has 2 aliphatic rings. The van der Waals surface area contributed by atoms with Gasteiger partial charge < -0.3 is 14.5 Å². The molecule has 5 nitrogen and oxygen atoms in total. The van der Waals surface area contributed by atoms with Crippen LogP contribution in [-0.4, -0.2) is 53.6 Å². The number of carbonyl (C=O) groups excluding carboxylic acids is 1. The Kier molecular flexibility index (Phi) is 6.32. The standard InChI is InChI=1S/C23H25N3O2S/c1-2-25-12-14-26(15-13-25)23-24-22(27)21(29-23)16-18-8-10-20(11-9-18)28-17-19-6-4-3-5-7-19/h3-11,16H,2,12-15,17H2,1H3. The van der Waals surface area contributed by atoms with E-state index < -0.39 is 0 Å². The summed E-state index contributed by atoms with van der Waals surface area (Å²) in [4.78, 5) is 21.9. The second-order valence-corrected chi connectivity index (χ2v) is 8.08. The number of thioether (sulfide) groups is 1. The van der Waals surface area contributed by atoms with E-state index in [0.717, 1.165) is 54.8 Å². The third-order valence-corrected chi connectivity index (χ3v) is 6.17. The highest BCUT2D eigenvalue weighted by Gasteiger charge is 2.28. The fourth-order valence-corrected chi connectivity index (χ4v) is 4.31. The van der Waals surface area contributed by atoms with Crippen molar-refractivity contribution in [3.05, 3.63) is 70.6 Å². The van der Waals surface area contributed by atoms with E-state index in [4.69, 9.17) is 4.74 Å². The van der Waals surface area contributed by atoms with Crippen LogP contribution >= 0.6 is 11.8 Å². The molecule has 4 rings (SSSR count). The van der Waals surface area contributed by atoms with Crippen molar-refractivity contribution in [3.63, 3.8) is 0 Å². The molecular formula is C23H25N3O2S. The quantitative estimate of drug-likeness (QED) is 0.704. The number of hydrogen-bond acceptors (Lipinski definition) is 5. The van der Waals surface area contributed by atoms with Crippen molar-refractivity contribution in [3.8, 4) is 5.75 Å². The first kappa shape index (κ1) is 19.7. The zero-order valence-electron chi connectivity index (χ0n) is 16.6. The normalized spacial score (nSPS) is 18.9. The van der Waals surface area contributed by atoms with Crippen LogP contribution < -0.4 is 4.74 Å². The van der Waals surface area contributed by atoms with Gasteiger partial charge in [0.05, 0.1) is 4.91 Å². The molecule has 0 atom stereocenters. The highest BCUT2D eigenvalue weighted by atomic mass is 32.2. The molecule has 150 valence electrons. The highest BCUT2D eigenvalue weighted by Crippen LogP contribution is 2.31. The number of ether oxygens (including phenoxy) is 1. The first-order valence-corrected chi connectivity index (χ1v) is 10.8. The van der Waals surface area contributed by atoms with E-state index in [2.05, 4.69) is 21.7 Å². The summed E-state index contributed by atoms with van der Waals surface area (Å²) in [5.74, 6) is 0.666. The molecule has 1 amide bonds. The lowest BCUT2D eigenvalue weighted by molar-refractivity contribution is -0.113. The summed E-state index contributed by atoms with van der Waals surface area (Å²) >= 11 is 1.48. The largest absolute Gasteiger partial charge is 0.489 e. The second kappa shape index (κ2) is 9.29. The van der Waals surface area contributed by atoms with E-state index in [-0.39, 0.29) is 5.91 Å². The summed E-state index contributed by atoms with van der Waals surface area (Å²) in [7, 11) is 0. The molecule has 0 unspecified atom stereocenters. The summed E-state index contributed by atoms with van der Waals surface area (Å²) < 4.78 is 5.83. The summed E-state index contributed by atoms with van der Waals surface area (Å²) in [5.41, 5.74) is 2.11. The monoisotopic (exact) mass is 407 g/mol. The molecule has 6 heteroatoms. The van der Waals surface area contributed by atoms with Gasteiger partial charge in [-0.3, -0.25) is 4.79 Å². The number of piperazine rings is 1. The maximum Gasteiger partial charge on any atom is 0.286 e. The Balaban J connectivity index is 1.34. The number of amidine groups is 1. The van der Waals surface area contributed by atoms with Crippen LogP contribution in [0.25, 0.3) is 6.08 Å². The number of amides is 1. The van der Waals surface area contributed by atoms with Gasteiger partial charge in [0.15, 0.2) is 5.17 Å². The predicted molar refractivity (Wildman–Crippen MR) is 119 cm³/mol. The topological polar surface area (TPSA) is 45.1 Å². The first-order valence-electron chi connectivity index (χ1n) is 9.98. The lowest BCUT2D eigenvalue weighted by Crippen LogP contribution is -2.47. The average Bonchev–Trinajstić information content (AvgIpc) is 3.14. The molecule has 29 heavy (non-hydrogen) atoms. The minimum absolute atomic E-state index is 0.146. The highest BCUT2D eigenvalue weighted by molar-refractivity contribution is 8.18. The molecule has 1 saturated heterocycles. The molecule has 0 aromatic heterocycles.